The summed E-state index contributed by atoms with van der Waals surface area (Å²) in [6.07, 6.45) is 0. The smallest absolute Gasteiger partial charge is 0.310 e. The van der Waals surface area contributed by atoms with Crippen LogP contribution in [0.25, 0.3) is 0 Å². The Morgan fingerprint density at radius 3 is 2.56 bits per heavy atom. The first-order valence-corrected chi connectivity index (χ1v) is 4.97. The Morgan fingerprint density at radius 2 is 2.12 bits per heavy atom. The van der Waals surface area contributed by atoms with Crippen LogP contribution in [0.5, 0.6) is 0 Å². The van der Waals surface area contributed by atoms with E-state index in [9.17, 15) is 9.59 Å². The zero-order valence-corrected chi connectivity index (χ0v) is 9.67. The lowest BCUT2D eigenvalue weighted by molar-refractivity contribution is -0.146. The normalized spacial score (nSPS) is 11.2. The zero-order valence-electron chi connectivity index (χ0n) is 8.91. The average Bonchev–Trinajstić information content (AvgIpc) is 2.61. The van der Waals surface area contributed by atoms with Crippen molar-refractivity contribution >= 4 is 23.5 Å². The fourth-order valence-electron chi connectivity index (χ4n) is 0.900. The van der Waals surface area contributed by atoms with Gasteiger partial charge in [0, 0.05) is 6.54 Å². The summed E-state index contributed by atoms with van der Waals surface area (Å²) in [5.41, 5.74) is -1.02. The van der Waals surface area contributed by atoms with Gasteiger partial charge in [-0.2, -0.15) is 0 Å². The van der Waals surface area contributed by atoms with Crippen LogP contribution < -0.4 is 5.32 Å². The Labute approximate surface area is 97.4 Å². The van der Waals surface area contributed by atoms with Crippen molar-refractivity contribution in [2.45, 2.75) is 13.8 Å². The lowest BCUT2D eigenvalue weighted by Crippen LogP contribution is -2.38. The van der Waals surface area contributed by atoms with E-state index in [0.717, 1.165) is 0 Å². The summed E-state index contributed by atoms with van der Waals surface area (Å²) < 4.78 is 4.88. The zero-order chi connectivity index (χ0) is 12.3. The predicted octanol–water partition coefficient (Wildman–Crippen LogP) is 1.77. The highest BCUT2D eigenvalue weighted by molar-refractivity contribution is 6.29. The number of halogens is 1. The standard InChI is InChI=1S/C10H12ClNO4/c1-10(2,9(14)15)5-12-8(13)6-3-4-7(11)16-6/h3-4H,5H2,1-2H3,(H,12,13)(H,14,15). The van der Waals surface area contributed by atoms with Gasteiger partial charge in [-0.15, -0.1) is 0 Å². The summed E-state index contributed by atoms with van der Waals surface area (Å²) in [4.78, 5) is 22.2. The summed E-state index contributed by atoms with van der Waals surface area (Å²) in [5.74, 6) is -1.40. The van der Waals surface area contributed by atoms with E-state index < -0.39 is 17.3 Å². The van der Waals surface area contributed by atoms with Crippen LogP contribution in [0.3, 0.4) is 0 Å². The molecule has 1 aromatic heterocycles. The quantitative estimate of drug-likeness (QED) is 0.847. The minimum Gasteiger partial charge on any atom is -0.481 e. The van der Waals surface area contributed by atoms with Crippen LogP contribution in [0.1, 0.15) is 24.4 Å². The summed E-state index contributed by atoms with van der Waals surface area (Å²) >= 11 is 5.50. The Balaban J connectivity index is 2.57. The number of rotatable bonds is 4. The molecule has 0 unspecified atom stereocenters. The molecule has 2 N–H and O–H groups in total. The van der Waals surface area contributed by atoms with Gasteiger partial charge < -0.3 is 14.8 Å². The number of hydrogen-bond acceptors (Lipinski definition) is 3. The second-order valence-corrected chi connectivity index (χ2v) is 4.35. The SMILES string of the molecule is CC(C)(CNC(=O)c1ccc(Cl)o1)C(=O)O. The van der Waals surface area contributed by atoms with Gasteiger partial charge in [0.1, 0.15) is 0 Å². The van der Waals surface area contributed by atoms with Crippen molar-refractivity contribution in [3.8, 4) is 0 Å². The number of carboxylic acids is 1. The van der Waals surface area contributed by atoms with E-state index in [1.54, 1.807) is 0 Å². The highest BCUT2D eigenvalue weighted by atomic mass is 35.5. The van der Waals surface area contributed by atoms with Crippen molar-refractivity contribution in [2.75, 3.05) is 6.54 Å². The molecule has 0 spiro atoms. The molecule has 0 atom stereocenters. The third kappa shape index (κ3) is 3.00. The van der Waals surface area contributed by atoms with Crippen molar-refractivity contribution in [2.24, 2.45) is 5.41 Å². The fraction of sp³-hybridized carbons (Fsp3) is 0.400. The molecule has 0 aliphatic carbocycles. The van der Waals surface area contributed by atoms with Crippen molar-refractivity contribution in [3.05, 3.63) is 23.1 Å². The number of carbonyl (C=O) groups is 2. The summed E-state index contributed by atoms with van der Waals surface area (Å²) in [6, 6.07) is 2.87. The molecule has 1 aromatic rings. The van der Waals surface area contributed by atoms with Gasteiger partial charge in [-0.05, 0) is 37.6 Å². The maximum atomic E-state index is 11.5. The molecular formula is C10H12ClNO4. The average molecular weight is 246 g/mol. The topological polar surface area (TPSA) is 79.5 Å². The van der Waals surface area contributed by atoms with Crippen molar-refractivity contribution in [1.29, 1.82) is 0 Å². The lowest BCUT2D eigenvalue weighted by Gasteiger charge is -2.18. The maximum absolute atomic E-state index is 11.5. The molecule has 88 valence electrons. The number of hydrogen-bond donors (Lipinski definition) is 2. The van der Waals surface area contributed by atoms with Gasteiger partial charge in [0.15, 0.2) is 11.0 Å². The number of carboxylic acid groups (broad SMARTS) is 1. The van der Waals surface area contributed by atoms with Gasteiger partial charge in [0.05, 0.1) is 5.41 Å². The van der Waals surface area contributed by atoms with E-state index in [2.05, 4.69) is 5.32 Å². The van der Waals surface area contributed by atoms with Crippen molar-refractivity contribution < 1.29 is 19.1 Å². The number of amides is 1. The third-order valence-electron chi connectivity index (χ3n) is 2.07. The van der Waals surface area contributed by atoms with E-state index in [1.165, 1.54) is 26.0 Å². The lowest BCUT2D eigenvalue weighted by atomic mass is 9.94. The molecule has 1 amide bonds. The van der Waals surface area contributed by atoms with Crippen LogP contribution in [-0.2, 0) is 4.79 Å². The molecular weight excluding hydrogens is 234 g/mol. The first-order valence-electron chi connectivity index (χ1n) is 4.60. The molecule has 0 saturated heterocycles. The molecule has 16 heavy (non-hydrogen) atoms. The Kier molecular flexibility index (Phi) is 3.59. The number of furan rings is 1. The van der Waals surface area contributed by atoms with Gasteiger partial charge in [-0.3, -0.25) is 9.59 Å². The Bertz CT molecular complexity index is 411. The monoisotopic (exact) mass is 245 g/mol. The molecule has 5 nitrogen and oxygen atoms in total. The van der Waals surface area contributed by atoms with Crippen LogP contribution in [0.4, 0.5) is 0 Å². The summed E-state index contributed by atoms with van der Waals surface area (Å²) in [7, 11) is 0. The maximum Gasteiger partial charge on any atom is 0.310 e. The molecule has 0 aliphatic heterocycles. The van der Waals surface area contributed by atoms with Crippen LogP contribution in [0.15, 0.2) is 16.5 Å². The highest BCUT2D eigenvalue weighted by Gasteiger charge is 2.28. The molecule has 0 aromatic carbocycles. The molecule has 0 bridgehead atoms. The van der Waals surface area contributed by atoms with E-state index in [0.29, 0.717) is 0 Å². The second kappa shape index (κ2) is 4.57. The fourth-order valence-corrected chi connectivity index (χ4v) is 1.05. The van der Waals surface area contributed by atoms with E-state index in [4.69, 9.17) is 21.1 Å². The molecule has 0 aliphatic rings. The second-order valence-electron chi connectivity index (χ2n) is 3.98. The van der Waals surface area contributed by atoms with E-state index >= 15 is 0 Å². The van der Waals surface area contributed by atoms with Crippen molar-refractivity contribution in [1.82, 2.24) is 5.32 Å². The largest absolute Gasteiger partial charge is 0.481 e. The van der Waals surface area contributed by atoms with Crippen LogP contribution in [-0.4, -0.2) is 23.5 Å². The van der Waals surface area contributed by atoms with Gasteiger partial charge >= 0.3 is 5.97 Å². The Hall–Kier alpha value is -1.49. The minimum atomic E-state index is -1.02. The van der Waals surface area contributed by atoms with Gasteiger partial charge in [0.2, 0.25) is 0 Å². The molecule has 1 heterocycles. The molecule has 0 radical (unpaired) electrons. The first-order chi connectivity index (χ1) is 7.33. The van der Waals surface area contributed by atoms with E-state index in [1.807, 2.05) is 0 Å². The predicted molar refractivity (Wildman–Crippen MR) is 57.5 cm³/mol. The van der Waals surface area contributed by atoms with Gasteiger partial charge in [-0.25, -0.2) is 0 Å². The third-order valence-corrected chi connectivity index (χ3v) is 2.27. The van der Waals surface area contributed by atoms with Crippen LogP contribution >= 0.6 is 11.6 Å². The van der Waals surface area contributed by atoms with Crippen molar-refractivity contribution in [3.63, 3.8) is 0 Å². The molecule has 0 fully saturated rings. The van der Waals surface area contributed by atoms with E-state index in [-0.39, 0.29) is 17.5 Å². The summed E-state index contributed by atoms with van der Waals surface area (Å²) in [6.45, 7) is 3.05. The molecule has 1 rings (SSSR count). The van der Waals surface area contributed by atoms with Crippen LogP contribution in [0.2, 0.25) is 5.22 Å². The number of aliphatic carboxylic acids is 1. The highest BCUT2D eigenvalue weighted by Crippen LogP contribution is 2.15. The van der Waals surface area contributed by atoms with Gasteiger partial charge in [-0.1, -0.05) is 0 Å². The number of nitrogens with one attached hydrogen (secondary N) is 1. The Morgan fingerprint density at radius 1 is 1.50 bits per heavy atom. The molecule has 0 saturated carbocycles. The summed E-state index contributed by atoms with van der Waals surface area (Å²) in [5, 5.41) is 11.4. The van der Waals surface area contributed by atoms with Crippen LogP contribution in [0, 0.1) is 5.41 Å². The first kappa shape index (κ1) is 12.6. The molecule has 6 heteroatoms. The number of carbonyl (C=O) groups excluding carboxylic acids is 1. The van der Waals surface area contributed by atoms with Gasteiger partial charge in [0.25, 0.3) is 5.91 Å². The minimum absolute atomic E-state index is 0.0134.